The molecule has 0 unspecified atom stereocenters. The Morgan fingerprint density at radius 2 is 1.69 bits per heavy atom. The SMILES string of the molecule is CCCCOC(=O)c1ccc(NC(=O)c2ccc(S(=O)(=O)N3CCCC[C@H]3C)cc2)cc1. The van der Waals surface area contributed by atoms with Crippen molar-refractivity contribution in [2.24, 2.45) is 0 Å². The summed E-state index contributed by atoms with van der Waals surface area (Å²) in [6.45, 7) is 4.85. The highest BCUT2D eigenvalue weighted by molar-refractivity contribution is 7.89. The maximum atomic E-state index is 12.9. The molecule has 1 N–H and O–H groups in total. The molecule has 8 heteroatoms. The number of nitrogens with zero attached hydrogens (tertiary/aromatic N) is 1. The number of sulfonamides is 1. The summed E-state index contributed by atoms with van der Waals surface area (Å²) in [5.74, 6) is -0.755. The second-order valence-corrected chi connectivity index (χ2v) is 9.90. The molecule has 0 radical (unpaired) electrons. The van der Waals surface area contributed by atoms with Crippen LogP contribution in [0.3, 0.4) is 0 Å². The van der Waals surface area contributed by atoms with E-state index in [-0.39, 0.29) is 16.8 Å². The number of nitrogens with one attached hydrogen (secondary N) is 1. The minimum Gasteiger partial charge on any atom is -0.462 e. The number of hydrogen-bond acceptors (Lipinski definition) is 5. The number of hydrogen-bond donors (Lipinski definition) is 1. The zero-order chi connectivity index (χ0) is 23.1. The predicted octanol–water partition coefficient (Wildman–Crippen LogP) is 4.46. The van der Waals surface area contributed by atoms with E-state index >= 15 is 0 Å². The molecule has 0 aromatic heterocycles. The molecule has 1 atom stereocenters. The van der Waals surface area contributed by atoms with Crippen molar-refractivity contribution in [2.45, 2.75) is 56.9 Å². The normalized spacial score (nSPS) is 17.0. The van der Waals surface area contributed by atoms with Gasteiger partial charge in [-0.15, -0.1) is 0 Å². The number of carbonyl (C=O) groups excluding carboxylic acids is 2. The van der Waals surface area contributed by atoms with E-state index in [0.29, 0.717) is 30.0 Å². The minimum absolute atomic E-state index is 0.0244. The summed E-state index contributed by atoms with van der Waals surface area (Å²) in [6, 6.07) is 12.4. The van der Waals surface area contributed by atoms with E-state index in [9.17, 15) is 18.0 Å². The lowest BCUT2D eigenvalue weighted by Gasteiger charge is -2.32. The summed E-state index contributed by atoms with van der Waals surface area (Å²) in [5, 5.41) is 2.75. The van der Waals surface area contributed by atoms with Crippen LogP contribution in [0.15, 0.2) is 53.4 Å². The van der Waals surface area contributed by atoms with Crippen molar-refractivity contribution in [3.63, 3.8) is 0 Å². The van der Waals surface area contributed by atoms with Crippen LogP contribution < -0.4 is 5.32 Å². The summed E-state index contributed by atoms with van der Waals surface area (Å²) in [5.41, 5.74) is 1.29. The van der Waals surface area contributed by atoms with Gasteiger partial charge in [0.25, 0.3) is 5.91 Å². The molecule has 2 aromatic carbocycles. The van der Waals surface area contributed by atoms with Gasteiger partial charge in [0.15, 0.2) is 0 Å². The fraction of sp³-hybridized carbons (Fsp3) is 0.417. The lowest BCUT2D eigenvalue weighted by molar-refractivity contribution is 0.0499. The number of benzene rings is 2. The molecule has 1 aliphatic heterocycles. The number of esters is 1. The Labute approximate surface area is 189 Å². The zero-order valence-electron chi connectivity index (χ0n) is 18.5. The van der Waals surface area contributed by atoms with Crippen LogP contribution in [0.5, 0.6) is 0 Å². The number of carbonyl (C=O) groups is 2. The molecule has 0 saturated carbocycles. The molecular weight excluding hydrogens is 428 g/mol. The number of piperidine rings is 1. The van der Waals surface area contributed by atoms with Crippen molar-refractivity contribution in [3.8, 4) is 0 Å². The van der Waals surface area contributed by atoms with Gasteiger partial charge in [0.1, 0.15) is 0 Å². The van der Waals surface area contributed by atoms with Gasteiger partial charge < -0.3 is 10.1 Å². The fourth-order valence-electron chi connectivity index (χ4n) is 3.63. The van der Waals surface area contributed by atoms with E-state index in [2.05, 4.69) is 5.32 Å². The van der Waals surface area contributed by atoms with Crippen molar-refractivity contribution in [1.82, 2.24) is 4.31 Å². The number of unbranched alkanes of at least 4 members (excludes halogenated alkanes) is 1. The van der Waals surface area contributed by atoms with Gasteiger partial charge in [-0.3, -0.25) is 4.79 Å². The average molecular weight is 459 g/mol. The molecular formula is C24H30N2O5S. The Morgan fingerprint density at radius 1 is 1.03 bits per heavy atom. The highest BCUT2D eigenvalue weighted by Crippen LogP contribution is 2.25. The quantitative estimate of drug-likeness (QED) is 0.466. The molecule has 32 heavy (non-hydrogen) atoms. The van der Waals surface area contributed by atoms with E-state index < -0.39 is 16.0 Å². The number of amides is 1. The molecule has 172 valence electrons. The van der Waals surface area contributed by atoms with Crippen LogP contribution >= 0.6 is 0 Å². The lowest BCUT2D eigenvalue weighted by atomic mass is 10.1. The summed E-state index contributed by atoms with van der Waals surface area (Å²) in [6.07, 6.45) is 4.52. The van der Waals surface area contributed by atoms with Gasteiger partial charge >= 0.3 is 5.97 Å². The third-order valence-electron chi connectivity index (χ3n) is 5.57. The first-order chi connectivity index (χ1) is 15.3. The van der Waals surface area contributed by atoms with Crippen molar-refractivity contribution in [1.29, 1.82) is 0 Å². The van der Waals surface area contributed by atoms with E-state index in [0.717, 1.165) is 32.1 Å². The van der Waals surface area contributed by atoms with E-state index in [1.807, 2.05) is 13.8 Å². The lowest BCUT2D eigenvalue weighted by Crippen LogP contribution is -2.41. The Hall–Kier alpha value is -2.71. The van der Waals surface area contributed by atoms with Crippen LogP contribution in [0.1, 0.15) is 66.7 Å². The molecule has 7 nitrogen and oxygen atoms in total. The van der Waals surface area contributed by atoms with Gasteiger partial charge in [-0.1, -0.05) is 19.8 Å². The second-order valence-electron chi connectivity index (χ2n) is 8.01. The van der Waals surface area contributed by atoms with Crippen molar-refractivity contribution >= 4 is 27.6 Å². The summed E-state index contributed by atoms with van der Waals surface area (Å²) in [4.78, 5) is 24.7. The third kappa shape index (κ3) is 5.75. The summed E-state index contributed by atoms with van der Waals surface area (Å²) >= 11 is 0. The highest BCUT2D eigenvalue weighted by Gasteiger charge is 2.30. The maximum absolute atomic E-state index is 12.9. The minimum atomic E-state index is -3.58. The molecule has 0 spiro atoms. The zero-order valence-corrected chi connectivity index (χ0v) is 19.4. The van der Waals surface area contributed by atoms with Gasteiger partial charge in [0.05, 0.1) is 17.1 Å². The smallest absolute Gasteiger partial charge is 0.338 e. The number of ether oxygens (including phenoxy) is 1. The number of anilines is 1. The standard InChI is InChI=1S/C24H30N2O5S/c1-3-4-17-31-24(28)20-8-12-21(13-9-20)25-23(27)19-10-14-22(15-11-19)32(29,30)26-16-6-5-7-18(26)2/h8-15,18H,3-7,16-17H2,1-2H3,(H,25,27)/t18-/m1/s1. The molecule has 1 aliphatic rings. The Balaban J connectivity index is 1.63. The largest absolute Gasteiger partial charge is 0.462 e. The van der Waals surface area contributed by atoms with E-state index in [1.165, 1.54) is 24.3 Å². The summed E-state index contributed by atoms with van der Waals surface area (Å²) in [7, 11) is -3.58. The molecule has 3 rings (SSSR count). The molecule has 2 aromatic rings. The van der Waals surface area contributed by atoms with Crippen LogP contribution in [0.4, 0.5) is 5.69 Å². The molecule has 0 bridgehead atoms. The van der Waals surface area contributed by atoms with Crippen molar-refractivity contribution in [2.75, 3.05) is 18.5 Å². The van der Waals surface area contributed by atoms with Gasteiger partial charge in [0, 0.05) is 23.8 Å². The van der Waals surface area contributed by atoms with Crippen LogP contribution in [0.2, 0.25) is 0 Å². The monoisotopic (exact) mass is 458 g/mol. The Bertz CT molecular complexity index is 1030. The van der Waals surface area contributed by atoms with Crippen LogP contribution in [-0.4, -0.2) is 43.8 Å². The first-order valence-corrected chi connectivity index (χ1v) is 12.5. The van der Waals surface area contributed by atoms with Crippen LogP contribution in [0.25, 0.3) is 0 Å². The topological polar surface area (TPSA) is 92.8 Å². The summed E-state index contributed by atoms with van der Waals surface area (Å²) < 4.78 is 32.6. The van der Waals surface area contributed by atoms with Gasteiger partial charge in [-0.2, -0.15) is 4.31 Å². The van der Waals surface area contributed by atoms with E-state index in [1.54, 1.807) is 28.6 Å². The fourth-order valence-corrected chi connectivity index (χ4v) is 5.33. The highest BCUT2D eigenvalue weighted by atomic mass is 32.2. The predicted molar refractivity (Wildman–Crippen MR) is 123 cm³/mol. The van der Waals surface area contributed by atoms with Gasteiger partial charge in [-0.25, -0.2) is 13.2 Å². The molecule has 1 fully saturated rings. The third-order valence-corrected chi connectivity index (χ3v) is 7.60. The van der Waals surface area contributed by atoms with Gasteiger partial charge in [-0.05, 0) is 74.7 Å². The molecule has 0 aliphatic carbocycles. The molecule has 1 amide bonds. The van der Waals surface area contributed by atoms with Crippen molar-refractivity contribution < 1.29 is 22.7 Å². The Kier molecular flexibility index (Phi) is 8.04. The average Bonchev–Trinajstić information content (AvgIpc) is 2.80. The second kappa shape index (κ2) is 10.7. The number of rotatable bonds is 8. The van der Waals surface area contributed by atoms with Gasteiger partial charge in [0.2, 0.25) is 10.0 Å². The van der Waals surface area contributed by atoms with Crippen LogP contribution in [-0.2, 0) is 14.8 Å². The van der Waals surface area contributed by atoms with E-state index in [4.69, 9.17) is 4.74 Å². The molecule has 1 saturated heterocycles. The van der Waals surface area contributed by atoms with Crippen molar-refractivity contribution in [3.05, 3.63) is 59.7 Å². The first kappa shape index (κ1) is 23.9. The molecule has 1 heterocycles. The maximum Gasteiger partial charge on any atom is 0.338 e. The Morgan fingerprint density at radius 3 is 2.31 bits per heavy atom. The van der Waals surface area contributed by atoms with Crippen LogP contribution in [0, 0.1) is 0 Å². The first-order valence-electron chi connectivity index (χ1n) is 11.0.